The number of rotatable bonds is 4. The number of carbonyl (C=O) groups excluding carboxylic acids is 1. The average molecular weight is 540 g/mol. The van der Waals surface area contributed by atoms with Gasteiger partial charge in [-0.25, -0.2) is 14.7 Å². The molecule has 0 radical (unpaired) electrons. The quantitative estimate of drug-likeness (QED) is 0.269. The number of amides is 1. The van der Waals surface area contributed by atoms with Gasteiger partial charge in [0.05, 0.1) is 6.20 Å². The lowest BCUT2D eigenvalue weighted by molar-refractivity contribution is -0.141. The van der Waals surface area contributed by atoms with Crippen LogP contribution in [0.3, 0.4) is 0 Å². The number of hydrogen-bond donors (Lipinski definition) is 0. The van der Waals surface area contributed by atoms with Gasteiger partial charge in [-0.1, -0.05) is 29.8 Å². The molecule has 8 nitrogen and oxygen atoms in total. The van der Waals surface area contributed by atoms with E-state index < -0.39 is 11.9 Å². The Morgan fingerprint density at radius 1 is 1.03 bits per heavy atom. The zero-order valence-corrected chi connectivity index (χ0v) is 21.2. The summed E-state index contributed by atoms with van der Waals surface area (Å²) in [5, 5.41) is 19.5. The van der Waals surface area contributed by atoms with Crippen molar-refractivity contribution >= 4 is 18.0 Å². The molecule has 194 valence electrons. The van der Waals surface area contributed by atoms with Crippen molar-refractivity contribution < 1.29 is 18.0 Å². The second-order valence-corrected chi connectivity index (χ2v) is 8.37. The lowest BCUT2D eigenvalue weighted by Crippen LogP contribution is -2.27. The van der Waals surface area contributed by atoms with Gasteiger partial charge >= 0.3 is 6.18 Å². The predicted molar refractivity (Wildman–Crippen MR) is 135 cm³/mol. The Balaban J connectivity index is 0.000000304. The molecule has 1 amide bonds. The fourth-order valence-corrected chi connectivity index (χ4v) is 3.34. The van der Waals surface area contributed by atoms with E-state index in [-0.39, 0.29) is 0 Å². The van der Waals surface area contributed by atoms with Gasteiger partial charge in [0.25, 0.3) is 0 Å². The zero-order valence-electron chi connectivity index (χ0n) is 20.5. The minimum atomic E-state index is -4.33. The minimum Gasteiger partial charge on any atom is -0.277 e. The molecule has 0 aliphatic rings. The Morgan fingerprint density at radius 3 is 2.24 bits per heavy atom. The number of benzene rings is 1. The molecule has 0 saturated heterocycles. The van der Waals surface area contributed by atoms with Gasteiger partial charge in [-0.2, -0.15) is 28.6 Å². The number of nitriles is 1. The van der Waals surface area contributed by atoms with Crippen molar-refractivity contribution in [2.45, 2.75) is 13.1 Å². The standard InChI is InChI=1S/C19H15ClN6O.C7H6F3N/c1-25(12-27)24-19-18(14-5-8-16(9-21)22-10-14)17(11-23-26(19)2)13-3-6-15(20)7-4-13;1-5-2-3-6(11-4-5)7(8,9)10/h3-8,10-12H,1-2H3;2-4H,1H3/b24-19-;. The summed E-state index contributed by atoms with van der Waals surface area (Å²) in [5.74, 6) is 0. The van der Waals surface area contributed by atoms with Crippen LogP contribution >= 0.6 is 11.6 Å². The first kappa shape index (κ1) is 28.0. The Bertz CT molecular complexity index is 1510. The fourth-order valence-electron chi connectivity index (χ4n) is 3.21. The number of aryl methyl sites for hydroxylation is 2. The molecule has 0 fully saturated rings. The summed E-state index contributed by atoms with van der Waals surface area (Å²) in [6.45, 7) is 1.69. The van der Waals surface area contributed by atoms with E-state index in [2.05, 4.69) is 20.2 Å². The van der Waals surface area contributed by atoms with E-state index in [0.29, 0.717) is 22.6 Å². The first-order valence-electron chi connectivity index (χ1n) is 10.9. The summed E-state index contributed by atoms with van der Waals surface area (Å²) in [7, 11) is 3.28. The first-order valence-corrected chi connectivity index (χ1v) is 11.3. The molecular formula is C26H21ClF3N7O. The third kappa shape index (κ3) is 7.02. The van der Waals surface area contributed by atoms with Crippen molar-refractivity contribution in [1.29, 1.82) is 5.26 Å². The second kappa shape index (κ2) is 12.1. The smallest absolute Gasteiger partial charge is 0.277 e. The number of aromatic nitrogens is 4. The average Bonchev–Trinajstić information content (AvgIpc) is 2.90. The van der Waals surface area contributed by atoms with Gasteiger partial charge in [0.15, 0.2) is 5.49 Å². The second-order valence-electron chi connectivity index (χ2n) is 7.93. The molecule has 0 atom stereocenters. The molecule has 12 heteroatoms. The minimum absolute atomic E-state index is 0.314. The number of nitrogens with zero attached hydrogens (tertiary/aromatic N) is 7. The molecule has 4 rings (SSSR count). The molecule has 0 N–H and O–H groups in total. The van der Waals surface area contributed by atoms with Crippen LogP contribution in [-0.2, 0) is 18.0 Å². The maximum absolute atomic E-state index is 11.9. The normalized spacial score (nSPS) is 11.3. The molecule has 1 aromatic carbocycles. The molecule has 4 aromatic rings. The first-order chi connectivity index (χ1) is 18.0. The molecule has 0 saturated carbocycles. The van der Waals surface area contributed by atoms with Crippen LogP contribution < -0.4 is 5.49 Å². The van der Waals surface area contributed by atoms with Crippen LogP contribution in [-0.4, -0.2) is 38.2 Å². The maximum atomic E-state index is 11.9. The summed E-state index contributed by atoms with van der Waals surface area (Å²) >= 11 is 6.01. The molecule has 3 heterocycles. The molecule has 38 heavy (non-hydrogen) atoms. The van der Waals surface area contributed by atoms with Crippen LogP contribution in [0.2, 0.25) is 5.02 Å². The fraction of sp³-hybridized carbons (Fsp3) is 0.154. The van der Waals surface area contributed by atoms with Crippen LogP contribution in [0, 0.1) is 18.3 Å². The van der Waals surface area contributed by atoms with Crippen LogP contribution in [0.5, 0.6) is 0 Å². The highest BCUT2D eigenvalue weighted by molar-refractivity contribution is 6.30. The van der Waals surface area contributed by atoms with Crippen molar-refractivity contribution in [1.82, 2.24) is 24.8 Å². The zero-order chi connectivity index (χ0) is 27.9. The van der Waals surface area contributed by atoms with Gasteiger partial charge in [-0.3, -0.25) is 9.78 Å². The van der Waals surface area contributed by atoms with E-state index in [0.717, 1.165) is 33.9 Å². The highest BCUT2D eigenvalue weighted by Crippen LogP contribution is 2.29. The van der Waals surface area contributed by atoms with Crippen molar-refractivity contribution in [2.24, 2.45) is 12.1 Å². The maximum Gasteiger partial charge on any atom is 0.433 e. The third-order valence-corrected chi connectivity index (χ3v) is 5.34. The number of carbonyl (C=O) groups is 1. The topological polar surface area (TPSA) is 100 Å². The summed E-state index contributed by atoms with van der Waals surface area (Å²) in [6.07, 6.45) is 0.802. The van der Waals surface area contributed by atoms with Crippen LogP contribution in [0.25, 0.3) is 22.3 Å². The van der Waals surface area contributed by atoms with Crippen molar-refractivity contribution in [3.05, 3.63) is 94.6 Å². The summed E-state index contributed by atoms with van der Waals surface area (Å²) < 4.78 is 37.1. The summed E-state index contributed by atoms with van der Waals surface area (Å²) in [5.41, 5.74) is 3.83. The number of alkyl halides is 3. The number of pyridine rings is 2. The monoisotopic (exact) mass is 539 g/mol. The van der Waals surface area contributed by atoms with E-state index in [4.69, 9.17) is 16.9 Å². The molecule has 0 aliphatic heterocycles. The van der Waals surface area contributed by atoms with E-state index in [1.807, 2.05) is 18.2 Å². The van der Waals surface area contributed by atoms with Gasteiger partial charge in [0.1, 0.15) is 17.5 Å². The van der Waals surface area contributed by atoms with Gasteiger partial charge in [0.2, 0.25) is 6.41 Å². The van der Waals surface area contributed by atoms with Crippen molar-refractivity contribution in [2.75, 3.05) is 7.05 Å². The predicted octanol–water partition coefficient (Wildman–Crippen LogP) is 4.99. The van der Waals surface area contributed by atoms with Gasteiger partial charge in [0, 0.05) is 48.2 Å². The molecule has 0 bridgehead atoms. The Labute approximate surface area is 221 Å². The van der Waals surface area contributed by atoms with Crippen LogP contribution in [0.15, 0.2) is 72.2 Å². The van der Waals surface area contributed by atoms with E-state index in [1.165, 1.54) is 17.3 Å². The molecule has 0 unspecified atom stereocenters. The Morgan fingerprint density at radius 2 is 1.71 bits per heavy atom. The summed E-state index contributed by atoms with van der Waals surface area (Å²) in [4.78, 5) is 18.5. The molecule has 3 aromatic heterocycles. The highest BCUT2D eigenvalue weighted by Gasteiger charge is 2.31. The molecule has 0 spiro atoms. The Kier molecular flexibility index (Phi) is 8.94. The molecule has 0 aliphatic carbocycles. The molecular weight excluding hydrogens is 519 g/mol. The lowest BCUT2D eigenvalue weighted by Gasteiger charge is -2.14. The number of hydrogen-bond acceptors (Lipinski definition) is 6. The SMILES string of the molecule is CN(C=O)/N=c1/c(-c2ccc(C#N)nc2)c(-c2ccc(Cl)cc2)cnn1C.Cc1ccc(C(F)(F)F)nc1. The lowest BCUT2D eigenvalue weighted by atomic mass is 9.98. The van der Waals surface area contributed by atoms with E-state index in [9.17, 15) is 18.0 Å². The van der Waals surface area contributed by atoms with Gasteiger partial charge in [-0.15, -0.1) is 0 Å². The van der Waals surface area contributed by atoms with Crippen molar-refractivity contribution in [3.8, 4) is 28.3 Å². The third-order valence-electron chi connectivity index (χ3n) is 5.09. The largest absolute Gasteiger partial charge is 0.433 e. The van der Waals surface area contributed by atoms with Gasteiger partial charge < -0.3 is 0 Å². The number of halogens is 4. The van der Waals surface area contributed by atoms with E-state index in [1.54, 1.807) is 62.4 Å². The van der Waals surface area contributed by atoms with E-state index >= 15 is 0 Å². The summed E-state index contributed by atoms with van der Waals surface area (Å²) in [6, 6.07) is 15.1. The Hall–Kier alpha value is -4.56. The highest BCUT2D eigenvalue weighted by atomic mass is 35.5. The van der Waals surface area contributed by atoms with Gasteiger partial charge in [-0.05, 0) is 48.4 Å². The van der Waals surface area contributed by atoms with Crippen molar-refractivity contribution in [3.63, 3.8) is 0 Å². The van der Waals surface area contributed by atoms with Crippen LogP contribution in [0.1, 0.15) is 17.0 Å². The van der Waals surface area contributed by atoms with Crippen LogP contribution in [0.4, 0.5) is 13.2 Å².